The summed E-state index contributed by atoms with van der Waals surface area (Å²) < 4.78 is 27.0. The SMILES string of the molecule is O=C1CCc2c1ccc1c2ccn1S(=O)(=O)c1ccccc1[N+](=O)[O-]. The van der Waals surface area contributed by atoms with E-state index in [2.05, 4.69) is 0 Å². The van der Waals surface area contributed by atoms with Crippen LogP contribution >= 0.6 is 0 Å². The topological polar surface area (TPSA) is 99.3 Å². The molecule has 0 saturated heterocycles. The second kappa shape index (κ2) is 5.25. The van der Waals surface area contributed by atoms with Crippen LogP contribution in [0.3, 0.4) is 0 Å². The maximum atomic E-state index is 13.0. The largest absolute Gasteiger partial charge is 0.294 e. The zero-order valence-electron chi connectivity index (χ0n) is 12.9. The van der Waals surface area contributed by atoms with Gasteiger partial charge >= 0.3 is 0 Å². The van der Waals surface area contributed by atoms with Crippen LogP contribution in [-0.4, -0.2) is 23.1 Å². The molecule has 4 rings (SSSR count). The Kier molecular flexibility index (Phi) is 3.26. The molecule has 0 radical (unpaired) electrons. The number of aryl methyl sites for hydroxylation is 1. The quantitative estimate of drug-likeness (QED) is 0.531. The van der Waals surface area contributed by atoms with Crippen LogP contribution < -0.4 is 0 Å². The number of carbonyl (C=O) groups excluding carboxylic acids is 1. The van der Waals surface area contributed by atoms with Crippen molar-refractivity contribution in [3.63, 3.8) is 0 Å². The first-order valence-corrected chi connectivity index (χ1v) is 9.00. The van der Waals surface area contributed by atoms with Crippen LogP contribution in [0, 0.1) is 10.1 Å². The van der Waals surface area contributed by atoms with E-state index in [1.54, 1.807) is 18.2 Å². The molecule has 3 aromatic rings. The average Bonchev–Trinajstić information content (AvgIpc) is 3.19. The number of fused-ring (bicyclic) bond motifs is 3. The molecule has 0 fully saturated rings. The molecule has 0 spiro atoms. The lowest BCUT2D eigenvalue weighted by atomic mass is 10.1. The number of hydrogen-bond donors (Lipinski definition) is 0. The Hall–Kier alpha value is -3.00. The van der Waals surface area contributed by atoms with Gasteiger partial charge in [0, 0.05) is 29.6 Å². The van der Waals surface area contributed by atoms with Gasteiger partial charge in [0.25, 0.3) is 15.7 Å². The normalized spacial score (nSPS) is 14.0. The Morgan fingerprint density at radius 1 is 1.04 bits per heavy atom. The van der Waals surface area contributed by atoms with E-state index in [1.807, 2.05) is 0 Å². The summed E-state index contributed by atoms with van der Waals surface area (Å²) in [7, 11) is -4.14. The number of nitro benzene ring substituents is 1. The third-order valence-corrected chi connectivity index (χ3v) is 6.19. The smallest absolute Gasteiger partial charge is 0.289 e. The molecule has 0 aliphatic heterocycles. The summed E-state index contributed by atoms with van der Waals surface area (Å²) in [5, 5.41) is 11.9. The van der Waals surface area contributed by atoms with Crippen molar-refractivity contribution in [2.24, 2.45) is 0 Å². The van der Waals surface area contributed by atoms with Crippen molar-refractivity contribution in [3.05, 3.63) is 69.9 Å². The molecular formula is C17H12N2O5S. The monoisotopic (exact) mass is 356 g/mol. The molecule has 7 nitrogen and oxygen atoms in total. The fraction of sp³-hybridized carbons (Fsp3) is 0.118. The van der Waals surface area contributed by atoms with Gasteiger partial charge in [-0.15, -0.1) is 0 Å². The molecule has 0 saturated carbocycles. The van der Waals surface area contributed by atoms with E-state index in [0.717, 1.165) is 15.6 Å². The van der Waals surface area contributed by atoms with Gasteiger partial charge < -0.3 is 0 Å². The van der Waals surface area contributed by atoms with Gasteiger partial charge in [0.15, 0.2) is 10.7 Å². The van der Waals surface area contributed by atoms with Crippen molar-refractivity contribution < 1.29 is 18.1 Å². The van der Waals surface area contributed by atoms with E-state index in [1.165, 1.54) is 24.4 Å². The van der Waals surface area contributed by atoms with Crippen LogP contribution in [0.15, 0.2) is 53.6 Å². The van der Waals surface area contributed by atoms with Gasteiger partial charge in [0.2, 0.25) is 0 Å². The summed E-state index contributed by atoms with van der Waals surface area (Å²) in [6.07, 6.45) is 2.36. The summed E-state index contributed by atoms with van der Waals surface area (Å²) >= 11 is 0. The minimum atomic E-state index is -4.14. The van der Waals surface area contributed by atoms with Crippen LogP contribution in [0.2, 0.25) is 0 Å². The highest BCUT2D eigenvalue weighted by molar-refractivity contribution is 7.90. The molecule has 0 N–H and O–H groups in total. The van der Waals surface area contributed by atoms with E-state index in [0.29, 0.717) is 29.3 Å². The van der Waals surface area contributed by atoms with Crippen molar-refractivity contribution in [2.45, 2.75) is 17.7 Å². The van der Waals surface area contributed by atoms with Gasteiger partial charge in [-0.05, 0) is 36.2 Å². The highest BCUT2D eigenvalue weighted by Crippen LogP contribution is 2.33. The summed E-state index contributed by atoms with van der Waals surface area (Å²) in [6, 6.07) is 10.1. The summed E-state index contributed by atoms with van der Waals surface area (Å²) in [4.78, 5) is 22.0. The lowest BCUT2D eigenvalue weighted by molar-refractivity contribution is -0.387. The summed E-state index contributed by atoms with van der Waals surface area (Å²) in [5.41, 5.74) is 1.39. The Labute approximate surface area is 142 Å². The predicted molar refractivity (Wildman–Crippen MR) is 90.3 cm³/mol. The number of benzene rings is 2. The molecule has 1 aliphatic carbocycles. The Balaban J connectivity index is 1.97. The number of Topliss-reactive ketones (excluding diaryl/α,β-unsaturated/α-hetero) is 1. The highest BCUT2D eigenvalue weighted by atomic mass is 32.2. The first-order chi connectivity index (χ1) is 11.9. The van der Waals surface area contributed by atoms with Crippen LogP contribution in [0.1, 0.15) is 22.3 Å². The van der Waals surface area contributed by atoms with Crippen LogP contribution in [-0.2, 0) is 16.4 Å². The van der Waals surface area contributed by atoms with Gasteiger partial charge in [-0.2, -0.15) is 0 Å². The summed E-state index contributed by atoms with van der Waals surface area (Å²) in [6.45, 7) is 0. The minimum absolute atomic E-state index is 0.0474. The highest BCUT2D eigenvalue weighted by Gasteiger charge is 2.29. The van der Waals surface area contributed by atoms with Gasteiger partial charge in [0.1, 0.15) is 0 Å². The molecule has 0 amide bonds. The maximum Gasteiger partial charge on any atom is 0.289 e. The first kappa shape index (κ1) is 15.5. The summed E-state index contributed by atoms with van der Waals surface area (Å²) in [5.74, 6) is 0.0474. The van der Waals surface area contributed by atoms with E-state index in [-0.39, 0.29) is 10.7 Å². The molecular weight excluding hydrogens is 344 g/mol. The Bertz CT molecular complexity index is 1160. The average molecular weight is 356 g/mol. The number of rotatable bonds is 3. The maximum absolute atomic E-state index is 13.0. The van der Waals surface area contributed by atoms with Crippen molar-refractivity contribution in [3.8, 4) is 0 Å². The lowest BCUT2D eigenvalue weighted by Gasteiger charge is -2.09. The number of ketones is 1. The number of nitro groups is 1. The van der Waals surface area contributed by atoms with Crippen molar-refractivity contribution in [1.29, 1.82) is 0 Å². The van der Waals surface area contributed by atoms with Crippen molar-refractivity contribution in [1.82, 2.24) is 3.97 Å². The zero-order chi connectivity index (χ0) is 17.8. The molecule has 25 heavy (non-hydrogen) atoms. The number of para-hydroxylation sites is 1. The number of aromatic nitrogens is 1. The van der Waals surface area contributed by atoms with E-state index in [9.17, 15) is 23.3 Å². The standard InChI is InChI=1S/C17H12N2O5S/c20-16-8-6-11-12-9-10-18(14(12)7-5-13(11)16)25(23,24)17-4-2-1-3-15(17)19(21)22/h1-5,7,9-10H,6,8H2. The molecule has 126 valence electrons. The lowest BCUT2D eigenvalue weighted by Crippen LogP contribution is -2.13. The molecule has 0 atom stereocenters. The zero-order valence-corrected chi connectivity index (χ0v) is 13.7. The third-order valence-electron chi connectivity index (χ3n) is 4.45. The van der Waals surface area contributed by atoms with E-state index >= 15 is 0 Å². The fourth-order valence-corrected chi connectivity index (χ4v) is 4.81. The van der Waals surface area contributed by atoms with Crippen LogP contribution in [0.25, 0.3) is 10.9 Å². The van der Waals surface area contributed by atoms with Crippen LogP contribution in [0.4, 0.5) is 5.69 Å². The van der Waals surface area contributed by atoms with Gasteiger partial charge in [-0.1, -0.05) is 12.1 Å². The van der Waals surface area contributed by atoms with E-state index in [4.69, 9.17) is 0 Å². The van der Waals surface area contributed by atoms with E-state index < -0.39 is 20.6 Å². The molecule has 8 heteroatoms. The minimum Gasteiger partial charge on any atom is -0.294 e. The molecule has 2 aromatic carbocycles. The second-order valence-electron chi connectivity index (χ2n) is 5.79. The van der Waals surface area contributed by atoms with Crippen LogP contribution in [0.5, 0.6) is 0 Å². The molecule has 1 aliphatic rings. The number of carbonyl (C=O) groups is 1. The van der Waals surface area contributed by atoms with Gasteiger partial charge in [-0.3, -0.25) is 14.9 Å². The number of nitrogens with zero attached hydrogens (tertiary/aromatic N) is 2. The third kappa shape index (κ3) is 2.18. The predicted octanol–water partition coefficient (Wildman–Crippen LogP) is 2.92. The Morgan fingerprint density at radius 2 is 1.80 bits per heavy atom. The second-order valence-corrected chi connectivity index (χ2v) is 7.57. The number of hydrogen-bond acceptors (Lipinski definition) is 5. The first-order valence-electron chi connectivity index (χ1n) is 7.56. The molecule has 0 unspecified atom stereocenters. The molecule has 0 bridgehead atoms. The van der Waals surface area contributed by atoms with Gasteiger partial charge in [-0.25, -0.2) is 12.4 Å². The van der Waals surface area contributed by atoms with Crippen molar-refractivity contribution in [2.75, 3.05) is 0 Å². The van der Waals surface area contributed by atoms with Gasteiger partial charge in [0.05, 0.1) is 10.4 Å². The Morgan fingerprint density at radius 3 is 2.56 bits per heavy atom. The van der Waals surface area contributed by atoms with Crippen molar-refractivity contribution >= 4 is 32.4 Å². The molecule has 1 aromatic heterocycles. The fourth-order valence-electron chi connectivity index (χ4n) is 3.30. The molecule has 1 heterocycles.